The highest BCUT2D eigenvalue weighted by Crippen LogP contribution is 2.33. The van der Waals surface area contributed by atoms with Crippen LogP contribution in [0.5, 0.6) is 5.75 Å². The smallest absolute Gasteiger partial charge is 0.335 e. The summed E-state index contributed by atoms with van der Waals surface area (Å²) in [7, 11) is 1.28. The third-order valence-corrected chi connectivity index (χ3v) is 4.93. The van der Waals surface area contributed by atoms with E-state index < -0.39 is 27.9 Å². The van der Waals surface area contributed by atoms with Crippen LogP contribution in [0.1, 0.15) is 19.9 Å². The van der Waals surface area contributed by atoms with Gasteiger partial charge in [0, 0.05) is 30.4 Å². The Morgan fingerprint density at radius 2 is 1.91 bits per heavy atom. The summed E-state index contributed by atoms with van der Waals surface area (Å²) in [5.41, 5.74) is -0.284. The van der Waals surface area contributed by atoms with Gasteiger partial charge in [-0.3, -0.25) is 14.7 Å². The number of benzene rings is 2. The van der Waals surface area contributed by atoms with Gasteiger partial charge in [0.1, 0.15) is 17.4 Å². The molecule has 0 radical (unpaired) electrons. The van der Waals surface area contributed by atoms with Crippen molar-refractivity contribution in [2.45, 2.75) is 19.9 Å². The summed E-state index contributed by atoms with van der Waals surface area (Å²) >= 11 is 0. The Kier molecular flexibility index (Phi) is 5.50. The molecule has 0 atom stereocenters. The molecule has 0 amide bonds. The van der Waals surface area contributed by atoms with Gasteiger partial charge >= 0.3 is 11.4 Å². The average Bonchev–Trinajstić information content (AvgIpc) is 3.05. The number of aromatic nitrogens is 4. The van der Waals surface area contributed by atoms with E-state index in [1.165, 1.54) is 46.7 Å². The zero-order valence-electron chi connectivity index (χ0n) is 17.7. The van der Waals surface area contributed by atoms with Gasteiger partial charge in [0.2, 0.25) is 11.8 Å². The molecule has 0 saturated heterocycles. The number of fused-ring (bicyclic) bond motifs is 1. The fourth-order valence-electron chi connectivity index (χ4n) is 3.52. The fourth-order valence-corrected chi connectivity index (χ4v) is 3.52. The Morgan fingerprint density at radius 3 is 2.58 bits per heavy atom. The Labute approximate surface area is 185 Å². The van der Waals surface area contributed by atoms with Crippen molar-refractivity contribution in [2.24, 2.45) is 0 Å². The lowest BCUT2D eigenvalue weighted by Crippen LogP contribution is -2.25. The van der Waals surface area contributed by atoms with Crippen molar-refractivity contribution in [3.8, 4) is 11.6 Å². The molecule has 0 aliphatic heterocycles. The van der Waals surface area contributed by atoms with E-state index in [4.69, 9.17) is 4.74 Å². The summed E-state index contributed by atoms with van der Waals surface area (Å²) in [4.78, 5) is 31.8. The first-order chi connectivity index (χ1) is 15.7. The van der Waals surface area contributed by atoms with Gasteiger partial charge in [-0.25, -0.2) is 18.7 Å². The summed E-state index contributed by atoms with van der Waals surface area (Å²) in [6.07, 6.45) is 1.38. The van der Waals surface area contributed by atoms with E-state index >= 15 is 0 Å². The average molecular weight is 456 g/mol. The molecule has 10 nitrogen and oxygen atoms in total. The van der Waals surface area contributed by atoms with Gasteiger partial charge in [-0.2, -0.15) is 9.37 Å². The van der Waals surface area contributed by atoms with Crippen molar-refractivity contribution in [3.05, 3.63) is 74.8 Å². The van der Waals surface area contributed by atoms with Gasteiger partial charge in [0.05, 0.1) is 28.8 Å². The first-order valence-electron chi connectivity index (χ1n) is 9.76. The van der Waals surface area contributed by atoms with Crippen molar-refractivity contribution in [1.29, 1.82) is 0 Å². The van der Waals surface area contributed by atoms with Crippen molar-refractivity contribution < 1.29 is 18.4 Å². The highest BCUT2D eigenvalue weighted by Gasteiger charge is 2.21. The largest absolute Gasteiger partial charge is 0.494 e. The van der Waals surface area contributed by atoms with Gasteiger partial charge in [-0.15, -0.1) is 0 Å². The van der Waals surface area contributed by atoms with Crippen LogP contribution in [0.4, 0.5) is 26.1 Å². The Balaban J connectivity index is 1.84. The maximum Gasteiger partial charge on any atom is 0.335 e. The quantitative estimate of drug-likeness (QED) is 0.343. The minimum atomic E-state index is -1.06. The highest BCUT2D eigenvalue weighted by atomic mass is 19.1. The zero-order valence-corrected chi connectivity index (χ0v) is 17.7. The summed E-state index contributed by atoms with van der Waals surface area (Å²) in [6, 6.07) is 7.08. The highest BCUT2D eigenvalue weighted by molar-refractivity contribution is 5.78. The Morgan fingerprint density at radius 1 is 1.15 bits per heavy atom. The van der Waals surface area contributed by atoms with Crippen molar-refractivity contribution in [3.63, 3.8) is 0 Å². The molecule has 170 valence electrons. The number of nitro groups is 1. The fraction of sp³-hybridized carbons (Fsp3) is 0.190. The molecule has 2 aromatic carbocycles. The summed E-state index contributed by atoms with van der Waals surface area (Å²) in [6.45, 7) is 3.60. The van der Waals surface area contributed by atoms with E-state index in [1.54, 1.807) is 13.8 Å². The molecule has 2 aromatic heterocycles. The summed E-state index contributed by atoms with van der Waals surface area (Å²) < 4.78 is 35.7. The van der Waals surface area contributed by atoms with Crippen LogP contribution < -0.4 is 15.7 Å². The molecule has 12 heteroatoms. The number of ether oxygens (including phenoxy) is 1. The molecule has 0 aliphatic carbocycles. The number of hydrogen-bond donors (Lipinski definition) is 1. The van der Waals surface area contributed by atoms with Crippen LogP contribution in [0.2, 0.25) is 0 Å². The number of nitrogens with one attached hydrogen (secondary N) is 1. The number of nitro benzene ring substituents is 1. The molecule has 1 N–H and O–H groups in total. The number of halogens is 2. The normalized spacial score (nSPS) is 11.2. The molecule has 0 saturated carbocycles. The lowest BCUT2D eigenvalue weighted by atomic mass is 10.2. The van der Waals surface area contributed by atoms with E-state index in [0.29, 0.717) is 11.0 Å². The van der Waals surface area contributed by atoms with Crippen molar-refractivity contribution in [2.75, 3.05) is 12.4 Å². The molecular formula is C21H18F2N6O4. The molecule has 0 bridgehead atoms. The predicted molar refractivity (Wildman–Crippen MR) is 116 cm³/mol. The Bertz CT molecular complexity index is 1450. The number of anilines is 2. The van der Waals surface area contributed by atoms with Crippen molar-refractivity contribution in [1.82, 2.24) is 19.1 Å². The minimum Gasteiger partial charge on any atom is -0.494 e. The van der Waals surface area contributed by atoms with Crippen LogP contribution in [-0.4, -0.2) is 31.1 Å². The minimum absolute atomic E-state index is 0.00356. The van der Waals surface area contributed by atoms with Crippen LogP contribution in [0.15, 0.2) is 47.4 Å². The lowest BCUT2D eigenvalue weighted by molar-refractivity contribution is -0.387. The molecule has 0 unspecified atom stereocenters. The number of rotatable bonds is 6. The first-order valence-corrected chi connectivity index (χ1v) is 9.76. The second kappa shape index (κ2) is 8.30. The summed E-state index contributed by atoms with van der Waals surface area (Å²) in [5, 5.41) is 13.9. The zero-order chi connectivity index (χ0) is 23.9. The monoisotopic (exact) mass is 456 g/mol. The molecule has 0 fully saturated rings. The Hall–Kier alpha value is -4.35. The SMILES string of the molecule is COc1cc(F)c([N+](=O)[O-])cc1Nc1nccc(-n2c(=O)n(C(C)C)c3cc(F)ccc32)n1. The first kappa shape index (κ1) is 21.9. The molecule has 2 heterocycles. The van der Waals surface area contributed by atoms with E-state index in [9.17, 15) is 23.7 Å². The predicted octanol–water partition coefficient (Wildman–Crippen LogP) is 4.10. The maximum absolute atomic E-state index is 13.9. The van der Waals surface area contributed by atoms with Gasteiger partial charge in [0.15, 0.2) is 0 Å². The third-order valence-electron chi connectivity index (χ3n) is 4.93. The van der Waals surface area contributed by atoms with Gasteiger partial charge in [-0.05, 0) is 32.0 Å². The van der Waals surface area contributed by atoms with E-state index in [2.05, 4.69) is 15.3 Å². The number of methoxy groups -OCH3 is 1. The number of nitrogens with zero attached hydrogens (tertiary/aromatic N) is 5. The molecule has 4 aromatic rings. The third kappa shape index (κ3) is 3.86. The lowest BCUT2D eigenvalue weighted by Gasteiger charge is -2.11. The number of hydrogen-bond acceptors (Lipinski definition) is 7. The van der Waals surface area contributed by atoms with Crippen LogP contribution >= 0.6 is 0 Å². The second-order valence-corrected chi connectivity index (χ2v) is 7.34. The van der Waals surface area contributed by atoms with E-state index in [-0.39, 0.29) is 29.2 Å². The molecule has 0 spiro atoms. The maximum atomic E-state index is 13.9. The van der Waals surface area contributed by atoms with E-state index in [0.717, 1.165) is 12.1 Å². The van der Waals surface area contributed by atoms with Crippen LogP contribution in [0, 0.1) is 21.7 Å². The van der Waals surface area contributed by atoms with Crippen molar-refractivity contribution >= 4 is 28.4 Å². The van der Waals surface area contributed by atoms with Crippen LogP contribution in [0.3, 0.4) is 0 Å². The van der Waals surface area contributed by atoms with Gasteiger partial charge in [-0.1, -0.05) is 0 Å². The molecule has 0 aliphatic rings. The van der Waals surface area contributed by atoms with Gasteiger partial charge < -0.3 is 10.1 Å². The molecule has 4 rings (SSSR count). The molecular weight excluding hydrogens is 438 g/mol. The van der Waals surface area contributed by atoms with Crippen LogP contribution in [0.25, 0.3) is 16.9 Å². The number of imidazole rings is 1. The van der Waals surface area contributed by atoms with Gasteiger partial charge in [0.25, 0.3) is 0 Å². The summed E-state index contributed by atoms with van der Waals surface area (Å²) in [5.74, 6) is -1.38. The second-order valence-electron chi connectivity index (χ2n) is 7.34. The topological polar surface area (TPSA) is 117 Å². The molecule has 33 heavy (non-hydrogen) atoms. The van der Waals surface area contributed by atoms with E-state index in [1.807, 2.05) is 0 Å². The van der Waals surface area contributed by atoms with Crippen LogP contribution in [-0.2, 0) is 0 Å². The standard InChI is InChI=1S/C21H18F2N6O4/c1-11(2)27-17-8-12(22)4-5-15(17)28(21(27)30)19-6-7-24-20(26-19)25-14-10-16(29(31)32)13(23)9-18(14)33-3/h4-11H,1-3H3,(H,24,25,26).